The monoisotopic (exact) mass is 302 g/mol. The molecule has 3 rings (SSSR count). The predicted molar refractivity (Wildman–Crippen MR) is 84.9 cm³/mol. The van der Waals surface area contributed by atoms with Gasteiger partial charge in [0.2, 0.25) is 0 Å². The van der Waals surface area contributed by atoms with Gasteiger partial charge < -0.3 is 20.3 Å². The maximum absolute atomic E-state index is 11.5. The van der Waals surface area contributed by atoms with Crippen LogP contribution in [0.5, 0.6) is 0 Å². The number of nitrogens with zero attached hydrogens (tertiary/aromatic N) is 2. The van der Waals surface area contributed by atoms with Crippen molar-refractivity contribution in [3.05, 3.63) is 36.0 Å². The lowest BCUT2D eigenvalue weighted by Crippen LogP contribution is -2.55. The molecule has 0 aromatic carbocycles. The number of rotatable bonds is 4. The van der Waals surface area contributed by atoms with Crippen LogP contribution in [0, 0.1) is 0 Å². The average molecular weight is 302 g/mol. The fraction of sp³-hybridized carbons (Fsp3) is 0.500. The third-order valence-corrected chi connectivity index (χ3v) is 4.14. The van der Waals surface area contributed by atoms with Gasteiger partial charge in [-0.25, -0.2) is 9.78 Å². The van der Waals surface area contributed by atoms with E-state index in [4.69, 9.17) is 9.72 Å². The van der Waals surface area contributed by atoms with E-state index in [9.17, 15) is 4.79 Å². The molecular formula is C16H22N4O2. The van der Waals surface area contributed by atoms with Crippen molar-refractivity contribution in [3.63, 3.8) is 0 Å². The third-order valence-electron chi connectivity index (χ3n) is 4.14. The second-order valence-corrected chi connectivity index (χ2v) is 5.80. The highest BCUT2D eigenvalue weighted by atomic mass is 16.5. The van der Waals surface area contributed by atoms with Gasteiger partial charge in [0.25, 0.3) is 0 Å². The number of nitrogens with one attached hydrogen (secondary N) is 2. The summed E-state index contributed by atoms with van der Waals surface area (Å²) in [6.45, 7) is 8.30. The lowest BCUT2D eigenvalue weighted by atomic mass is 10.1. The van der Waals surface area contributed by atoms with Gasteiger partial charge in [0.15, 0.2) is 0 Å². The molecule has 2 N–H and O–H groups in total. The number of pyridine rings is 1. The molecule has 118 valence electrons. The molecule has 2 aliphatic rings. The van der Waals surface area contributed by atoms with Crippen molar-refractivity contribution < 1.29 is 9.53 Å². The van der Waals surface area contributed by atoms with E-state index in [0.717, 1.165) is 31.0 Å². The van der Waals surface area contributed by atoms with Gasteiger partial charge in [-0.3, -0.25) is 0 Å². The van der Waals surface area contributed by atoms with Gasteiger partial charge in [-0.05, 0) is 25.0 Å². The van der Waals surface area contributed by atoms with E-state index in [1.54, 1.807) is 6.08 Å². The van der Waals surface area contributed by atoms with Gasteiger partial charge in [-0.1, -0.05) is 12.1 Å². The minimum atomic E-state index is -0.449. The summed E-state index contributed by atoms with van der Waals surface area (Å²) in [6, 6.07) is 4.96. The maximum Gasteiger partial charge on any atom is 0.407 e. The van der Waals surface area contributed by atoms with Gasteiger partial charge in [0, 0.05) is 31.7 Å². The Kier molecular flexibility index (Phi) is 4.29. The molecule has 2 aliphatic heterocycles. The number of hydrogen-bond donors (Lipinski definition) is 2. The number of hydrogen-bond acceptors (Lipinski definition) is 5. The van der Waals surface area contributed by atoms with E-state index in [2.05, 4.69) is 35.1 Å². The number of piperazine rings is 1. The van der Waals surface area contributed by atoms with Gasteiger partial charge >= 0.3 is 6.09 Å². The van der Waals surface area contributed by atoms with E-state index in [1.807, 2.05) is 6.07 Å². The molecule has 1 fully saturated rings. The van der Waals surface area contributed by atoms with Crippen molar-refractivity contribution in [1.29, 1.82) is 0 Å². The maximum atomic E-state index is 11.5. The Labute approximate surface area is 130 Å². The van der Waals surface area contributed by atoms with Crippen LogP contribution in [-0.4, -0.2) is 42.8 Å². The molecule has 0 spiro atoms. The Morgan fingerprint density at radius 3 is 3.27 bits per heavy atom. The van der Waals surface area contributed by atoms with Crippen LogP contribution in [-0.2, 0) is 17.8 Å². The van der Waals surface area contributed by atoms with Crippen molar-refractivity contribution in [2.75, 3.05) is 24.5 Å². The highest BCUT2D eigenvalue weighted by Crippen LogP contribution is 2.33. The number of carbonyl (C=O) groups excluding carboxylic acids is 1. The Balaban J connectivity index is 1.68. The Morgan fingerprint density at radius 1 is 1.59 bits per heavy atom. The van der Waals surface area contributed by atoms with Crippen LogP contribution in [0.25, 0.3) is 0 Å². The first-order valence-electron chi connectivity index (χ1n) is 7.68. The first-order chi connectivity index (χ1) is 10.7. The smallest absolute Gasteiger partial charge is 0.407 e. The van der Waals surface area contributed by atoms with Crippen LogP contribution in [0.15, 0.2) is 24.8 Å². The lowest BCUT2D eigenvalue weighted by Gasteiger charge is -2.37. The van der Waals surface area contributed by atoms with E-state index in [-0.39, 0.29) is 6.61 Å². The zero-order chi connectivity index (χ0) is 15.5. The summed E-state index contributed by atoms with van der Waals surface area (Å²) in [5, 5.41) is 6.04. The molecule has 0 radical (unpaired) electrons. The SMILES string of the molecule is C=CCNC(=O)OCc1ccc2c(n1)N1C(C)CNCC1C2. The Bertz CT molecular complexity index is 575. The molecule has 22 heavy (non-hydrogen) atoms. The first-order valence-corrected chi connectivity index (χ1v) is 7.68. The quantitative estimate of drug-likeness (QED) is 0.819. The lowest BCUT2D eigenvalue weighted by molar-refractivity contribution is 0.139. The molecule has 0 aliphatic carbocycles. The zero-order valence-corrected chi connectivity index (χ0v) is 12.8. The van der Waals surface area contributed by atoms with Crippen LogP contribution in [0.4, 0.5) is 10.6 Å². The van der Waals surface area contributed by atoms with Crippen LogP contribution in [0.1, 0.15) is 18.2 Å². The molecule has 6 nitrogen and oxygen atoms in total. The van der Waals surface area contributed by atoms with Crippen LogP contribution in [0.3, 0.4) is 0 Å². The van der Waals surface area contributed by atoms with Crippen molar-refractivity contribution in [1.82, 2.24) is 15.6 Å². The van der Waals surface area contributed by atoms with Gasteiger partial charge in [-0.15, -0.1) is 6.58 Å². The zero-order valence-electron chi connectivity index (χ0n) is 12.8. The summed E-state index contributed by atoms with van der Waals surface area (Å²) in [7, 11) is 0. The highest BCUT2D eigenvalue weighted by Gasteiger charge is 2.36. The first kappa shape index (κ1) is 14.8. The van der Waals surface area contributed by atoms with Crippen molar-refractivity contribution in [2.45, 2.75) is 32.0 Å². The summed E-state index contributed by atoms with van der Waals surface area (Å²) in [4.78, 5) is 18.6. The summed E-state index contributed by atoms with van der Waals surface area (Å²) in [5.41, 5.74) is 2.05. The largest absolute Gasteiger partial charge is 0.443 e. The molecule has 1 amide bonds. The van der Waals surface area contributed by atoms with Gasteiger partial charge in [-0.2, -0.15) is 0 Å². The summed E-state index contributed by atoms with van der Waals surface area (Å²) in [5.74, 6) is 1.05. The number of fused-ring (bicyclic) bond motifs is 3. The number of ether oxygens (including phenoxy) is 1. The fourth-order valence-corrected chi connectivity index (χ4v) is 3.15. The van der Waals surface area contributed by atoms with Crippen LogP contribution >= 0.6 is 0 Å². The number of anilines is 1. The number of carbonyl (C=O) groups is 1. The Hall–Kier alpha value is -2.08. The summed E-state index contributed by atoms with van der Waals surface area (Å²) < 4.78 is 5.16. The van der Waals surface area contributed by atoms with Crippen LogP contribution < -0.4 is 15.5 Å². The molecule has 2 atom stereocenters. The normalized spacial score (nSPS) is 22.7. The van der Waals surface area contributed by atoms with Crippen molar-refractivity contribution >= 4 is 11.9 Å². The molecule has 1 aromatic heterocycles. The third kappa shape index (κ3) is 2.92. The summed E-state index contributed by atoms with van der Waals surface area (Å²) >= 11 is 0. The number of aromatic nitrogens is 1. The standard InChI is InChI=1S/C16H22N4O2/c1-3-6-18-16(21)22-10-13-5-4-12-7-14-9-17-8-11(2)20(14)15(12)19-13/h3-5,11,14,17H,1,6-10H2,2H3,(H,18,21). The molecule has 2 unspecified atom stereocenters. The van der Waals surface area contributed by atoms with E-state index < -0.39 is 6.09 Å². The van der Waals surface area contributed by atoms with Crippen LogP contribution in [0.2, 0.25) is 0 Å². The van der Waals surface area contributed by atoms with Gasteiger partial charge in [0.05, 0.1) is 5.69 Å². The molecule has 1 saturated heterocycles. The van der Waals surface area contributed by atoms with Crippen molar-refractivity contribution in [2.24, 2.45) is 0 Å². The highest BCUT2D eigenvalue weighted by molar-refractivity contribution is 5.67. The molecule has 6 heteroatoms. The minimum absolute atomic E-state index is 0.182. The number of amides is 1. The van der Waals surface area contributed by atoms with E-state index in [1.165, 1.54) is 5.56 Å². The number of alkyl carbamates (subject to hydrolysis) is 1. The summed E-state index contributed by atoms with van der Waals surface area (Å²) in [6.07, 6.45) is 2.19. The van der Waals surface area contributed by atoms with E-state index in [0.29, 0.717) is 18.6 Å². The average Bonchev–Trinajstić information content (AvgIpc) is 2.90. The molecule has 3 heterocycles. The predicted octanol–water partition coefficient (Wildman–Crippen LogP) is 1.22. The topological polar surface area (TPSA) is 66.5 Å². The molecule has 1 aromatic rings. The molecule has 0 bridgehead atoms. The second-order valence-electron chi connectivity index (χ2n) is 5.80. The van der Waals surface area contributed by atoms with Crippen molar-refractivity contribution in [3.8, 4) is 0 Å². The minimum Gasteiger partial charge on any atom is -0.443 e. The molecule has 0 saturated carbocycles. The molecular weight excluding hydrogens is 280 g/mol. The second kappa shape index (κ2) is 6.36. The Morgan fingerprint density at radius 2 is 2.45 bits per heavy atom. The van der Waals surface area contributed by atoms with Gasteiger partial charge in [0.1, 0.15) is 12.4 Å². The van der Waals surface area contributed by atoms with E-state index >= 15 is 0 Å². The fourth-order valence-electron chi connectivity index (χ4n) is 3.15.